The first-order chi connectivity index (χ1) is 16.7. The Hall–Kier alpha value is -3.00. The van der Waals surface area contributed by atoms with Crippen molar-refractivity contribution in [2.24, 2.45) is 0 Å². The Labute approximate surface area is 215 Å². The van der Waals surface area contributed by atoms with E-state index in [1.54, 1.807) is 6.20 Å². The van der Waals surface area contributed by atoms with Gasteiger partial charge < -0.3 is 14.7 Å². The molecule has 0 spiro atoms. The monoisotopic (exact) mass is 548 g/mol. The summed E-state index contributed by atoms with van der Waals surface area (Å²) in [5, 5.41) is 5.55. The van der Waals surface area contributed by atoms with E-state index in [0.717, 1.165) is 25.7 Å². The number of benzene rings is 3. The molecule has 0 aliphatic rings. The molecule has 1 amide bonds. The molecular weight excluding hydrogens is 520 g/mol. The second-order valence-electron chi connectivity index (χ2n) is 9.52. The molecule has 0 aliphatic carbocycles. The second-order valence-corrected chi connectivity index (χ2v) is 14.7. The smallest absolute Gasteiger partial charge is 0.261 e. The summed E-state index contributed by atoms with van der Waals surface area (Å²) in [5.41, 5.74) is 1.41. The molecule has 0 unspecified atom stereocenters. The topological polar surface area (TPSA) is 71.2 Å². The van der Waals surface area contributed by atoms with Crippen LogP contribution in [0.1, 0.15) is 31.1 Å². The zero-order valence-corrected chi connectivity index (χ0v) is 22.7. The molecule has 1 heterocycles. The summed E-state index contributed by atoms with van der Waals surface area (Å²) in [5.74, 6) is -0.479. The van der Waals surface area contributed by atoms with Crippen molar-refractivity contribution in [3.05, 3.63) is 95.1 Å². The summed E-state index contributed by atoms with van der Waals surface area (Å²) in [6.07, 6.45) is 1.68. The minimum absolute atomic E-state index is 0.1000. The molecule has 0 saturated carbocycles. The predicted molar refractivity (Wildman–Crippen MR) is 147 cm³/mol. The minimum atomic E-state index is -2.82. The minimum Gasteiger partial charge on any atom is -0.398 e. The van der Waals surface area contributed by atoms with Crippen LogP contribution in [0.15, 0.2) is 89.5 Å². The maximum absolute atomic E-state index is 12.9. The number of aromatic amines is 1. The van der Waals surface area contributed by atoms with Gasteiger partial charge in [-0.25, -0.2) is 0 Å². The van der Waals surface area contributed by atoms with Crippen LogP contribution in [0.25, 0.3) is 10.9 Å². The third-order valence-electron chi connectivity index (χ3n) is 6.24. The zero-order chi connectivity index (χ0) is 25.1. The van der Waals surface area contributed by atoms with E-state index in [0.29, 0.717) is 5.56 Å². The second kappa shape index (κ2) is 10.3. The number of ketones is 1. The van der Waals surface area contributed by atoms with Crippen molar-refractivity contribution in [2.45, 2.75) is 25.8 Å². The molecule has 0 aliphatic heterocycles. The molecule has 0 atom stereocenters. The van der Waals surface area contributed by atoms with Crippen LogP contribution in [0.3, 0.4) is 0 Å². The van der Waals surface area contributed by atoms with Gasteiger partial charge in [-0.15, -0.1) is 0 Å². The fourth-order valence-electron chi connectivity index (χ4n) is 4.62. The van der Waals surface area contributed by atoms with Gasteiger partial charge in [-0.05, 0) is 27.5 Å². The van der Waals surface area contributed by atoms with Gasteiger partial charge in [-0.2, -0.15) is 0 Å². The Morgan fingerprint density at radius 3 is 2.09 bits per heavy atom. The number of rotatable bonds is 8. The number of Topliss-reactive ketones (excluding diaryl/α,β-unsaturated/α-hetero) is 1. The number of carbonyl (C=O) groups is 2. The van der Waals surface area contributed by atoms with Crippen LogP contribution in [0.4, 0.5) is 0 Å². The van der Waals surface area contributed by atoms with Crippen LogP contribution < -0.4 is 15.7 Å². The molecule has 0 bridgehead atoms. The Bertz CT molecular complexity index is 1290. The summed E-state index contributed by atoms with van der Waals surface area (Å²) >= 11 is 3.51. The van der Waals surface area contributed by atoms with Gasteiger partial charge in [0, 0.05) is 27.1 Å². The molecule has 3 aromatic carbocycles. The molecule has 2 N–H and O–H groups in total. The van der Waals surface area contributed by atoms with E-state index < -0.39 is 8.32 Å². The van der Waals surface area contributed by atoms with Gasteiger partial charge in [0.1, 0.15) is 6.61 Å². The maximum atomic E-state index is 12.9. The first-order valence-corrected chi connectivity index (χ1v) is 14.2. The molecule has 4 rings (SSSR count). The number of halogens is 1. The third kappa shape index (κ3) is 5.03. The molecule has 5 nitrogen and oxygen atoms in total. The average Bonchev–Trinajstić information content (AvgIpc) is 3.29. The van der Waals surface area contributed by atoms with Crippen LogP contribution >= 0.6 is 15.9 Å². The van der Waals surface area contributed by atoms with E-state index in [1.807, 2.05) is 54.6 Å². The molecule has 0 saturated heterocycles. The Kier molecular flexibility index (Phi) is 7.40. The molecule has 35 heavy (non-hydrogen) atoms. The number of hydrogen-bond acceptors (Lipinski definition) is 3. The average molecular weight is 550 g/mol. The molecule has 180 valence electrons. The van der Waals surface area contributed by atoms with Crippen molar-refractivity contribution in [3.8, 4) is 0 Å². The highest BCUT2D eigenvalue weighted by molar-refractivity contribution is 9.10. The van der Waals surface area contributed by atoms with Crippen molar-refractivity contribution in [1.82, 2.24) is 10.3 Å². The highest BCUT2D eigenvalue weighted by Crippen LogP contribution is 2.36. The van der Waals surface area contributed by atoms with E-state index in [2.05, 4.69) is 71.3 Å². The molecule has 0 radical (unpaired) electrons. The zero-order valence-electron chi connectivity index (χ0n) is 20.1. The standard InChI is InChI=1S/C28H29BrN2O3Si/c1-28(2,3)35(20-11-6-4-7-12-20,21-13-8-5-9-14-21)34-19-26(33)31-18-25(32)22-17-30-24-16-10-15-23(29)27(22)24/h4-17,30H,18-19H2,1-3H3,(H,31,33). The quantitative estimate of drug-likeness (QED) is 0.245. The van der Waals surface area contributed by atoms with Gasteiger partial charge in [0.2, 0.25) is 5.91 Å². The van der Waals surface area contributed by atoms with E-state index in [1.165, 1.54) is 0 Å². The predicted octanol–water partition coefficient (Wildman–Crippen LogP) is 4.81. The largest absolute Gasteiger partial charge is 0.398 e. The van der Waals surface area contributed by atoms with Gasteiger partial charge in [-0.3, -0.25) is 9.59 Å². The van der Waals surface area contributed by atoms with Crippen LogP contribution in [0, 0.1) is 0 Å². The fourth-order valence-corrected chi connectivity index (χ4v) is 9.70. The number of H-pyrrole nitrogens is 1. The van der Waals surface area contributed by atoms with Crippen LogP contribution in [0.2, 0.25) is 5.04 Å². The number of aromatic nitrogens is 1. The third-order valence-corrected chi connectivity index (χ3v) is 11.9. The van der Waals surface area contributed by atoms with Gasteiger partial charge in [0.25, 0.3) is 8.32 Å². The fraction of sp³-hybridized carbons (Fsp3) is 0.214. The van der Waals surface area contributed by atoms with E-state index in [9.17, 15) is 9.59 Å². The Morgan fingerprint density at radius 2 is 1.51 bits per heavy atom. The van der Waals surface area contributed by atoms with Crippen molar-refractivity contribution >= 4 is 57.2 Å². The number of fused-ring (bicyclic) bond motifs is 1. The van der Waals surface area contributed by atoms with Gasteiger partial charge >= 0.3 is 0 Å². The number of hydrogen-bond donors (Lipinski definition) is 2. The van der Waals surface area contributed by atoms with Crippen molar-refractivity contribution in [2.75, 3.05) is 13.2 Å². The summed E-state index contributed by atoms with van der Waals surface area (Å²) in [7, 11) is -2.82. The summed E-state index contributed by atoms with van der Waals surface area (Å²) in [6, 6.07) is 26.0. The summed E-state index contributed by atoms with van der Waals surface area (Å²) in [4.78, 5) is 28.9. The molecule has 0 fully saturated rings. The van der Waals surface area contributed by atoms with E-state index in [-0.39, 0.29) is 29.9 Å². The highest BCUT2D eigenvalue weighted by atomic mass is 79.9. The van der Waals surface area contributed by atoms with E-state index in [4.69, 9.17) is 4.43 Å². The lowest BCUT2D eigenvalue weighted by atomic mass is 10.1. The Balaban J connectivity index is 1.53. The number of nitrogens with one attached hydrogen (secondary N) is 2. The van der Waals surface area contributed by atoms with Gasteiger partial charge in [0.15, 0.2) is 5.78 Å². The lowest BCUT2D eigenvalue weighted by Crippen LogP contribution is -2.67. The molecule has 1 aromatic heterocycles. The Morgan fingerprint density at radius 1 is 0.914 bits per heavy atom. The number of carbonyl (C=O) groups excluding carboxylic acids is 2. The lowest BCUT2D eigenvalue weighted by molar-refractivity contribution is -0.123. The van der Waals surface area contributed by atoms with Gasteiger partial charge in [0.05, 0.1) is 6.54 Å². The molecule has 4 aromatic rings. The van der Waals surface area contributed by atoms with Crippen molar-refractivity contribution < 1.29 is 14.0 Å². The first-order valence-electron chi connectivity index (χ1n) is 11.5. The number of amides is 1. The van der Waals surface area contributed by atoms with Gasteiger partial charge in [-0.1, -0.05) is 103 Å². The van der Waals surface area contributed by atoms with Crippen molar-refractivity contribution in [1.29, 1.82) is 0 Å². The molecular formula is C28H29BrN2O3Si. The SMILES string of the molecule is CC(C)(C)[Si](OCC(=O)NCC(=O)c1c[nH]c2cccc(Br)c12)(c1ccccc1)c1ccccc1. The maximum Gasteiger partial charge on any atom is 0.261 e. The lowest BCUT2D eigenvalue weighted by Gasteiger charge is -2.42. The van der Waals surface area contributed by atoms with Crippen LogP contribution in [-0.2, 0) is 9.22 Å². The van der Waals surface area contributed by atoms with Crippen LogP contribution in [0.5, 0.6) is 0 Å². The summed E-state index contributed by atoms with van der Waals surface area (Å²) in [6.45, 7) is 6.26. The van der Waals surface area contributed by atoms with Crippen LogP contribution in [-0.4, -0.2) is 38.1 Å². The molecule has 7 heteroatoms. The van der Waals surface area contributed by atoms with Crippen molar-refractivity contribution in [3.63, 3.8) is 0 Å². The highest BCUT2D eigenvalue weighted by Gasteiger charge is 2.50. The first kappa shape index (κ1) is 25.1. The van der Waals surface area contributed by atoms with E-state index >= 15 is 0 Å². The normalized spacial score (nSPS) is 12.0. The summed E-state index contributed by atoms with van der Waals surface area (Å²) < 4.78 is 7.48.